The first kappa shape index (κ1) is 18.2. The Labute approximate surface area is 147 Å². The molecule has 3 nitrogen and oxygen atoms in total. The van der Waals surface area contributed by atoms with Gasteiger partial charge in [0.2, 0.25) is 0 Å². The second-order valence-electron chi connectivity index (χ2n) is 4.97. The molecular formula is C13H18ArBrNO2. The van der Waals surface area contributed by atoms with Crippen LogP contribution in [0.3, 0.4) is 0 Å². The Morgan fingerprint density at radius 2 is 1.78 bits per heavy atom. The molecule has 0 aromatic heterocycles. The van der Waals surface area contributed by atoms with Crippen molar-refractivity contribution in [3.8, 4) is 0 Å². The summed E-state index contributed by atoms with van der Waals surface area (Å²) in [5.41, 5.74) is 0.688. The van der Waals surface area contributed by atoms with Crippen LogP contribution in [-0.4, -0.2) is 11.6 Å². The van der Waals surface area contributed by atoms with Gasteiger partial charge in [-0.05, 0) is 45.4 Å². The normalized spacial score (nSPS) is 12.3. The molecule has 0 saturated heterocycles. The first-order valence-electron chi connectivity index (χ1n) is 5.52. The summed E-state index contributed by atoms with van der Waals surface area (Å²) in [4.78, 5) is 11.6. The van der Waals surface area contributed by atoms with Crippen molar-refractivity contribution < 1.29 is 47.3 Å². The number of halogens is 1. The van der Waals surface area contributed by atoms with Gasteiger partial charge in [-0.1, -0.05) is 28.1 Å². The molecule has 0 aliphatic heterocycles. The predicted molar refractivity (Wildman–Crippen MR) is 71.9 cm³/mol. The van der Waals surface area contributed by atoms with Gasteiger partial charge in [0, 0.05) is 47.7 Å². The molecule has 0 heterocycles. The molecule has 1 atom stereocenters. The van der Waals surface area contributed by atoms with Crippen molar-refractivity contribution in [2.24, 2.45) is 0 Å². The average molecular weight is 340 g/mol. The van der Waals surface area contributed by atoms with Crippen LogP contribution < -0.4 is 5.32 Å². The summed E-state index contributed by atoms with van der Waals surface area (Å²) in [6.07, 6.45) is -0.654. The molecule has 0 aliphatic carbocycles. The minimum absolute atomic E-state index is 0. The molecule has 1 amide bonds. The zero-order chi connectivity index (χ0) is 13.1. The number of carbonyl (C=O) groups excluding carboxylic acids is 1. The first-order chi connectivity index (χ1) is 7.78. The van der Waals surface area contributed by atoms with Crippen LogP contribution in [0.2, 0.25) is 0 Å². The van der Waals surface area contributed by atoms with Gasteiger partial charge >= 0.3 is 6.09 Å². The van der Waals surface area contributed by atoms with E-state index in [9.17, 15) is 4.79 Å². The topological polar surface area (TPSA) is 38.3 Å². The van der Waals surface area contributed by atoms with E-state index >= 15 is 0 Å². The van der Waals surface area contributed by atoms with Gasteiger partial charge in [-0.2, -0.15) is 0 Å². The molecule has 1 aromatic carbocycles. The maximum atomic E-state index is 11.6. The van der Waals surface area contributed by atoms with Crippen LogP contribution in [0.15, 0.2) is 28.7 Å². The monoisotopic (exact) mass is 339 g/mol. The van der Waals surface area contributed by atoms with Gasteiger partial charge in [0.15, 0.2) is 0 Å². The minimum Gasteiger partial charge on any atom is -0.442 e. The summed E-state index contributed by atoms with van der Waals surface area (Å²) in [6.45, 7) is 7.60. The summed E-state index contributed by atoms with van der Waals surface area (Å²) in [7, 11) is 0. The third kappa shape index (κ3) is 6.98. The molecule has 18 heavy (non-hydrogen) atoms. The zero-order valence-corrected chi connectivity index (χ0v) is 13.2. The van der Waals surface area contributed by atoms with Crippen molar-refractivity contribution in [2.75, 3.05) is 0 Å². The van der Waals surface area contributed by atoms with E-state index in [2.05, 4.69) is 21.2 Å². The fourth-order valence-electron chi connectivity index (χ4n) is 1.30. The largest absolute Gasteiger partial charge is 0.442 e. The van der Waals surface area contributed by atoms with E-state index in [-0.39, 0.29) is 49.4 Å². The van der Waals surface area contributed by atoms with Gasteiger partial charge in [0.25, 0.3) is 0 Å². The number of hydrogen-bond donors (Lipinski definition) is 1. The number of hydrogen-bond acceptors (Lipinski definition) is 2. The SMILES string of the molecule is CC(OC(=O)NC(C)(C)C)c1ccc(Br)cc1.[Ar]. The molecule has 1 unspecified atom stereocenters. The van der Waals surface area contributed by atoms with E-state index in [1.807, 2.05) is 52.0 Å². The van der Waals surface area contributed by atoms with E-state index < -0.39 is 6.09 Å². The molecule has 1 rings (SSSR count). The van der Waals surface area contributed by atoms with Gasteiger partial charge in [0.05, 0.1) is 0 Å². The number of ether oxygens (including phenoxy) is 1. The second kappa shape index (κ2) is 7.73. The molecule has 0 saturated carbocycles. The average Bonchev–Trinajstić information content (AvgIpc) is 2.15. The number of rotatable bonds is 2. The molecule has 0 bridgehead atoms. The van der Waals surface area contributed by atoms with Crippen molar-refractivity contribution in [3.05, 3.63) is 34.3 Å². The van der Waals surface area contributed by atoms with Crippen LogP contribution in [0.4, 0.5) is 4.79 Å². The number of benzene rings is 1. The zero-order valence-electron chi connectivity index (χ0n) is 10.9. The smallest absolute Gasteiger partial charge is 0.408 e. The van der Waals surface area contributed by atoms with Crippen molar-refractivity contribution >= 4 is 22.0 Å². The van der Waals surface area contributed by atoms with Crippen LogP contribution in [0.5, 0.6) is 0 Å². The van der Waals surface area contributed by atoms with Crippen molar-refractivity contribution in [1.82, 2.24) is 5.32 Å². The fraction of sp³-hybridized carbons (Fsp3) is 0.462. The van der Waals surface area contributed by atoms with Crippen LogP contribution in [0.1, 0.15) is 39.4 Å². The van der Waals surface area contributed by atoms with Crippen molar-refractivity contribution in [3.63, 3.8) is 0 Å². The quantitative estimate of drug-likeness (QED) is 0.883. The molecule has 0 aliphatic rings. The van der Waals surface area contributed by atoms with Gasteiger partial charge in [-0.25, -0.2) is 4.79 Å². The first-order valence-corrected chi connectivity index (χ1v) is 6.31. The summed E-state index contributed by atoms with van der Waals surface area (Å²) in [5, 5.41) is 2.76. The number of alkyl carbamates (subject to hydrolysis) is 1. The minimum atomic E-state index is -0.395. The Bertz CT molecular complexity index is 387. The van der Waals surface area contributed by atoms with E-state index in [1.165, 1.54) is 0 Å². The van der Waals surface area contributed by atoms with Crippen LogP contribution in [-0.2, 0) is 4.74 Å². The molecule has 5 heteroatoms. The molecule has 102 valence electrons. The maximum Gasteiger partial charge on any atom is 0.408 e. The third-order valence-corrected chi connectivity index (χ3v) is 2.63. The van der Waals surface area contributed by atoms with Gasteiger partial charge in [-0.3, -0.25) is 0 Å². The van der Waals surface area contributed by atoms with Crippen molar-refractivity contribution in [2.45, 2.75) is 39.3 Å². The molecule has 0 spiro atoms. The van der Waals surface area contributed by atoms with E-state index in [1.54, 1.807) is 0 Å². The summed E-state index contributed by atoms with van der Waals surface area (Å²) >= 11 is 3.37. The second-order valence-corrected chi connectivity index (χ2v) is 5.89. The number of amides is 1. The predicted octanol–water partition coefficient (Wildman–Crippen LogP) is 4.03. The number of carbonyl (C=O) groups is 1. The Morgan fingerprint density at radius 3 is 2.22 bits per heavy atom. The molecule has 0 radical (unpaired) electrons. The number of nitrogens with one attached hydrogen (secondary N) is 1. The van der Waals surface area contributed by atoms with E-state index in [4.69, 9.17) is 4.74 Å². The Morgan fingerprint density at radius 1 is 1.28 bits per heavy atom. The Kier molecular flexibility index (Phi) is 7.83. The van der Waals surface area contributed by atoms with Crippen LogP contribution >= 0.6 is 15.9 Å². The molecule has 1 aromatic rings. The van der Waals surface area contributed by atoms with Gasteiger partial charge in [0.1, 0.15) is 6.10 Å². The molecule has 1 N–H and O–H groups in total. The van der Waals surface area contributed by atoms with Crippen molar-refractivity contribution in [1.29, 1.82) is 0 Å². The Hall–Kier alpha value is 0.230. The van der Waals surface area contributed by atoms with E-state index in [0.717, 1.165) is 10.0 Å². The molecule has 0 fully saturated rings. The third-order valence-electron chi connectivity index (χ3n) is 2.10. The standard InChI is InChI=1S/C13H18BrNO2.Ar/c1-9(10-5-7-11(14)8-6-10)17-12(16)15-13(2,3)4;/h5-9H,1-4H3,(H,15,16);. The van der Waals surface area contributed by atoms with Gasteiger partial charge in [-0.15, -0.1) is 0 Å². The van der Waals surface area contributed by atoms with E-state index in [0.29, 0.717) is 0 Å². The maximum absolute atomic E-state index is 11.6. The van der Waals surface area contributed by atoms with Gasteiger partial charge < -0.3 is 10.1 Å². The van der Waals surface area contributed by atoms with Crippen LogP contribution in [0, 0.1) is 37.7 Å². The molecular weight excluding hydrogens is 322 g/mol. The fourth-order valence-corrected chi connectivity index (χ4v) is 1.56. The summed E-state index contributed by atoms with van der Waals surface area (Å²) in [5.74, 6) is 0. The summed E-state index contributed by atoms with van der Waals surface area (Å²) in [6, 6.07) is 7.71. The summed E-state index contributed by atoms with van der Waals surface area (Å²) < 4.78 is 6.29. The Balaban J connectivity index is 0.00000289. The van der Waals surface area contributed by atoms with Crippen LogP contribution in [0.25, 0.3) is 0 Å².